The molecule has 0 saturated heterocycles. The summed E-state index contributed by atoms with van der Waals surface area (Å²) in [7, 11) is 0. The number of nitrogens with zero attached hydrogens (tertiary/aromatic N) is 3. The fourth-order valence-corrected chi connectivity index (χ4v) is 1.76. The summed E-state index contributed by atoms with van der Waals surface area (Å²) in [4.78, 5) is 11.9. The van der Waals surface area contributed by atoms with Gasteiger partial charge in [-0.2, -0.15) is 14.9 Å². The zero-order valence-electron chi connectivity index (χ0n) is 11.5. The highest BCUT2D eigenvalue weighted by molar-refractivity contribution is 7.71. The van der Waals surface area contributed by atoms with E-state index < -0.39 is 0 Å². The summed E-state index contributed by atoms with van der Waals surface area (Å²) in [5.41, 5.74) is 0.535. The highest BCUT2D eigenvalue weighted by Gasteiger charge is 2.03. The fraction of sp³-hybridized carbons (Fsp3) is 0.231. The third-order valence-corrected chi connectivity index (χ3v) is 2.88. The Morgan fingerprint density at radius 1 is 1.57 bits per heavy atom. The molecule has 2 rings (SSSR count). The Kier molecular flexibility index (Phi) is 4.49. The Hall–Kier alpha value is -2.48. The SMILES string of the molecule is CCOc1cc(/C=N\n2c(=S)[nH]nc(C)c2=O)ccc1O. The van der Waals surface area contributed by atoms with Gasteiger partial charge in [-0.15, -0.1) is 0 Å². The number of hydrogen-bond donors (Lipinski definition) is 2. The summed E-state index contributed by atoms with van der Waals surface area (Å²) in [6.45, 7) is 3.81. The van der Waals surface area contributed by atoms with Crippen molar-refractivity contribution in [3.05, 3.63) is 44.6 Å². The van der Waals surface area contributed by atoms with Crippen LogP contribution in [0.15, 0.2) is 28.1 Å². The number of nitrogens with one attached hydrogen (secondary N) is 1. The maximum atomic E-state index is 11.9. The molecule has 0 unspecified atom stereocenters. The lowest BCUT2D eigenvalue weighted by atomic mass is 10.2. The standard InChI is InChI=1S/C13H14N4O3S/c1-3-20-11-6-9(4-5-10(11)18)7-14-17-12(19)8(2)15-16-13(17)21/h4-7,18H,3H2,1-2H3,(H,16,21)/b14-7-. The Morgan fingerprint density at radius 3 is 3.05 bits per heavy atom. The Balaban J connectivity index is 2.39. The topological polar surface area (TPSA) is 92.5 Å². The number of rotatable bonds is 4. The van der Waals surface area contributed by atoms with Gasteiger partial charge in [-0.25, -0.2) is 0 Å². The first kappa shape index (κ1) is 14.9. The number of aromatic amines is 1. The summed E-state index contributed by atoms with van der Waals surface area (Å²) in [6.07, 6.45) is 1.45. The molecule has 2 N–H and O–H groups in total. The van der Waals surface area contributed by atoms with E-state index in [2.05, 4.69) is 15.3 Å². The van der Waals surface area contributed by atoms with Crippen LogP contribution in [-0.2, 0) is 0 Å². The second kappa shape index (κ2) is 6.31. The van der Waals surface area contributed by atoms with E-state index in [-0.39, 0.29) is 21.8 Å². The normalized spacial score (nSPS) is 11.0. The predicted octanol–water partition coefficient (Wildman–Crippen LogP) is 1.60. The molecule has 0 aliphatic rings. The number of phenolic OH excluding ortho intramolecular Hbond substituents is 1. The van der Waals surface area contributed by atoms with Crippen LogP contribution in [0, 0.1) is 11.7 Å². The number of aromatic nitrogens is 3. The van der Waals surface area contributed by atoms with Crippen molar-refractivity contribution in [3.8, 4) is 11.5 Å². The summed E-state index contributed by atoms with van der Waals surface area (Å²) in [5, 5.41) is 19.9. The molecule has 0 spiro atoms. The Labute approximate surface area is 125 Å². The number of aromatic hydroxyl groups is 1. The predicted molar refractivity (Wildman–Crippen MR) is 80.7 cm³/mol. The van der Waals surface area contributed by atoms with Gasteiger partial charge in [-0.1, -0.05) is 0 Å². The first-order valence-electron chi connectivity index (χ1n) is 6.21. The molecular formula is C13H14N4O3S. The number of aryl methyl sites for hydroxylation is 1. The summed E-state index contributed by atoms with van der Waals surface area (Å²) < 4.78 is 6.43. The molecule has 8 heteroatoms. The number of hydrogen-bond acceptors (Lipinski definition) is 6. The molecule has 21 heavy (non-hydrogen) atoms. The summed E-state index contributed by atoms with van der Waals surface area (Å²) in [6, 6.07) is 4.76. The maximum absolute atomic E-state index is 11.9. The summed E-state index contributed by atoms with van der Waals surface area (Å²) in [5.74, 6) is 0.396. The van der Waals surface area contributed by atoms with Crippen molar-refractivity contribution in [2.45, 2.75) is 13.8 Å². The van der Waals surface area contributed by atoms with Crippen molar-refractivity contribution in [3.63, 3.8) is 0 Å². The van der Waals surface area contributed by atoms with Gasteiger partial charge in [0.2, 0.25) is 4.77 Å². The van der Waals surface area contributed by atoms with Crippen LogP contribution in [0.2, 0.25) is 0 Å². The van der Waals surface area contributed by atoms with Crippen LogP contribution in [-0.4, -0.2) is 32.8 Å². The zero-order valence-corrected chi connectivity index (χ0v) is 12.3. The molecule has 1 heterocycles. The van der Waals surface area contributed by atoms with E-state index in [1.54, 1.807) is 19.1 Å². The van der Waals surface area contributed by atoms with Gasteiger partial charge in [-0.05, 0) is 49.8 Å². The van der Waals surface area contributed by atoms with E-state index >= 15 is 0 Å². The third-order valence-electron chi connectivity index (χ3n) is 2.62. The second-order valence-electron chi connectivity index (χ2n) is 4.14. The van der Waals surface area contributed by atoms with Gasteiger partial charge in [0.1, 0.15) is 5.69 Å². The Bertz CT molecular complexity index is 795. The van der Waals surface area contributed by atoms with Crippen LogP contribution in [0.1, 0.15) is 18.2 Å². The molecule has 0 aliphatic carbocycles. The lowest BCUT2D eigenvalue weighted by Gasteiger charge is -2.06. The molecule has 110 valence electrons. The minimum absolute atomic E-state index is 0.0446. The average molecular weight is 306 g/mol. The number of ether oxygens (including phenoxy) is 1. The molecule has 0 bridgehead atoms. The third kappa shape index (κ3) is 3.34. The molecule has 1 aromatic carbocycles. The summed E-state index contributed by atoms with van der Waals surface area (Å²) >= 11 is 4.97. The van der Waals surface area contributed by atoms with Crippen molar-refractivity contribution in [2.24, 2.45) is 5.10 Å². The molecular weight excluding hydrogens is 292 g/mol. The van der Waals surface area contributed by atoms with Crippen LogP contribution in [0.5, 0.6) is 11.5 Å². The molecule has 0 atom stereocenters. The van der Waals surface area contributed by atoms with Crippen LogP contribution in [0.3, 0.4) is 0 Å². The molecule has 7 nitrogen and oxygen atoms in total. The van der Waals surface area contributed by atoms with E-state index in [1.807, 2.05) is 6.92 Å². The van der Waals surface area contributed by atoms with Gasteiger partial charge in [0.15, 0.2) is 11.5 Å². The average Bonchev–Trinajstić information content (AvgIpc) is 2.46. The first-order valence-corrected chi connectivity index (χ1v) is 6.62. The quantitative estimate of drug-likeness (QED) is 0.661. The highest BCUT2D eigenvalue weighted by Crippen LogP contribution is 2.26. The van der Waals surface area contributed by atoms with E-state index in [0.29, 0.717) is 17.9 Å². The monoisotopic (exact) mass is 306 g/mol. The van der Waals surface area contributed by atoms with Crippen molar-refractivity contribution in [2.75, 3.05) is 6.61 Å². The minimum atomic E-state index is -0.390. The molecule has 0 fully saturated rings. The lowest BCUT2D eigenvalue weighted by Crippen LogP contribution is -2.22. The van der Waals surface area contributed by atoms with Crippen LogP contribution in [0.4, 0.5) is 0 Å². The fourth-order valence-electron chi connectivity index (χ4n) is 1.58. The number of H-pyrrole nitrogens is 1. The van der Waals surface area contributed by atoms with Gasteiger partial charge in [0, 0.05) is 0 Å². The van der Waals surface area contributed by atoms with E-state index in [0.717, 1.165) is 4.68 Å². The largest absolute Gasteiger partial charge is 0.504 e. The maximum Gasteiger partial charge on any atom is 0.296 e. The van der Waals surface area contributed by atoms with Gasteiger partial charge in [-0.3, -0.25) is 9.89 Å². The minimum Gasteiger partial charge on any atom is -0.504 e. The van der Waals surface area contributed by atoms with E-state index in [9.17, 15) is 9.90 Å². The van der Waals surface area contributed by atoms with Crippen molar-refractivity contribution in [1.82, 2.24) is 14.9 Å². The van der Waals surface area contributed by atoms with Crippen molar-refractivity contribution >= 4 is 18.4 Å². The van der Waals surface area contributed by atoms with Gasteiger partial charge in [0.05, 0.1) is 12.8 Å². The van der Waals surface area contributed by atoms with Gasteiger partial charge < -0.3 is 9.84 Å². The molecule has 1 aromatic heterocycles. The smallest absolute Gasteiger partial charge is 0.296 e. The molecule has 2 aromatic rings. The van der Waals surface area contributed by atoms with Crippen molar-refractivity contribution < 1.29 is 9.84 Å². The van der Waals surface area contributed by atoms with E-state index in [1.165, 1.54) is 12.3 Å². The number of phenols is 1. The Morgan fingerprint density at radius 2 is 2.33 bits per heavy atom. The number of benzene rings is 1. The second-order valence-corrected chi connectivity index (χ2v) is 4.52. The van der Waals surface area contributed by atoms with Crippen molar-refractivity contribution in [1.29, 1.82) is 0 Å². The first-order chi connectivity index (χ1) is 10.0. The molecule has 0 aliphatic heterocycles. The van der Waals surface area contributed by atoms with Gasteiger partial charge in [0.25, 0.3) is 5.56 Å². The van der Waals surface area contributed by atoms with Gasteiger partial charge >= 0.3 is 0 Å². The molecule has 0 radical (unpaired) electrons. The molecule has 0 saturated carbocycles. The van der Waals surface area contributed by atoms with Crippen LogP contribution < -0.4 is 10.3 Å². The highest BCUT2D eigenvalue weighted by atomic mass is 32.1. The van der Waals surface area contributed by atoms with Crippen LogP contribution in [0.25, 0.3) is 0 Å². The van der Waals surface area contributed by atoms with Crippen LogP contribution >= 0.6 is 12.2 Å². The molecule has 0 amide bonds. The zero-order chi connectivity index (χ0) is 15.4. The lowest BCUT2D eigenvalue weighted by molar-refractivity contribution is 0.318. The van der Waals surface area contributed by atoms with E-state index in [4.69, 9.17) is 17.0 Å².